The van der Waals surface area contributed by atoms with Crippen LogP contribution in [0.2, 0.25) is 0 Å². The van der Waals surface area contributed by atoms with E-state index in [0.717, 1.165) is 22.2 Å². The lowest BCUT2D eigenvalue weighted by Crippen LogP contribution is -2.10. The van der Waals surface area contributed by atoms with Gasteiger partial charge < -0.3 is 15.0 Å². The van der Waals surface area contributed by atoms with Gasteiger partial charge in [0.1, 0.15) is 11.4 Å². The molecule has 0 aliphatic carbocycles. The number of hydrogen-bond donors (Lipinski definition) is 1. The summed E-state index contributed by atoms with van der Waals surface area (Å²) in [5.41, 5.74) is 8.48. The largest absolute Gasteiger partial charge is 0.496 e. The Labute approximate surface area is 122 Å². The second kappa shape index (κ2) is 4.94. The van der Waals surface area contributed by atoms with Crippen LogP contribution in [0.3, 0.4) is 0 Å². The van der Waals surface area contributed by atoms with Crippen LogP contribution in [-0.2, 0) is 7.05 Å². The molecule has 5 nitrogen and oxygen atoms in total. The Kier molecular flexibility index (Phi) is 3.10. The molecule has 1 aromatic carbocycles. The number of fused-ring (bicyclic) bond motifs is 1. The van der Waals surface area contributed by atoms with Crippen LogP contribution in [0.5, 0.6) is 5.75 Å². The zero-order valence-corrected chi connectivity index (χ0v) is 11.8. The average Bonchev–Trinajstić information content (AvgIpc) is 2.88. The van der Waals surface area contributed by atoms with Crippen molar-refractivity contribution in [3.8, 4) is 16.9 Å². The summed E-state index contributed by atoms with van der Waals surface area (Å²) in [5, 5.41) is 1.000. The van der Waals surface area contributed by atoms with Crippen molar-refractivity contribution in [3.63, 3.8) is 0 Å². The molecule has 0 bridgehead atoms. The van der Waals surface area contributed by atoms with Crippen molar-refractivity contribution in [2.75, 3.05) is 7.11 Å². The van der Waals surface area contributed by atoms with E-state index < -0.39 is 5.91 Å². The number of methoxy groups -OCH3 is 1. The number of aromatic nitrogens is 2. The summed E-state index contributed by atoms with van der Waals surface area (Å²) in [4.78, 5) is 15.8. The van der Waals surface area contributed by atoms with E-state index in [1.54, 1.807) is 31.5 Å². The SMILES string of the molecule is COc1ccc(C(N)=O)cc1-c1ccnc2c1ccn2C. The lowest BCUT2D eigenvalue weighted by atomic mass is 10.00. The highest BCUT2D eigenvalue weighted by atomic mass is 16.5. The fourth-order valence-electron chi connectivity index (χ4n) is 2.47. The number of rotatable bonds is 3. The van der Waals surface area contributed by atoms with Crippen molar-refractivity contribution in [2.45, 2.75) is 0 Å². The minimum Gasteiger partial charge on any atom is -0.496 e. The van der Waals surface area contributed by atoms with Crippen molar-refractivity contribution in [2.24, 2.45) is 12.8 Å². The Morgan fingerprint density at radius 2 is 2.05 bits per heavy atom. The molecule has 0 saturated carbocycles. The highest BCUT2D eigenvalue weighted by Crippen LogP contribution is 2.35. The maximum atomic E-state index is 11.4. The van der Waals surface area contributed by atoms with Gasteiger partial charge in [-0.05, 0) is 35.9 Å². The van der Waals surface area contributed by atoms with Gasteiger partial charge in [0.05, 0.1) is 7.11 Å². The highest BCUT2D eigenvalue weighted by Gasteiger charge is 2.13. The molecule has 1 amide bonds. The summed E-state index contributed by atoms with van der Waals surface area (Å²) in [5.74, 6) is 0.230. The molecule has 0 aliphatic heterocycles. The molecular formula is C16H15N3O2. The van der Waals surface area contributed by atoms with Gasteiger partial charge in [0.25, 0.3) is 0 Å². The predicted molar refractivity (Wildman–Crippen MR) is 81.2 cm³/mol. The van der Waals surface area contributed by atoms with Crippen LogP contribution >= 0.6 is 0 Å². The third kappa shape index (κ3) is 2.12. The Balaban J connectivity index is 2.31. The number of carbonyl (C=O) groups excluding carboxylic acids is 1. The maximum absolute atomic E-state index is 11.4. The molecule has 2 heterocycles. The molecule has 3 rings (SSSR count). The molecule has 0 saturated heterocycles. The van der Waals surface area contributed by atoms with Gasteiger partial charge in [0.15, 0.2) is 0 Å². The monoisotopic (exact) mass is 281 g/mol. The number of amides is 1. The van der Waals surface area contributed by atoms with E-state index in [4.69, 9.17) is 10.5 Å². The molecule has 5 heteroatoms. The molecule has 106 valence electrons. The predicted octanol–water partition coefficient (Wildman–Crippen LogP) is 2.35. The fraction of sp³-hybridized carbons (Fsp3) is 0.125. The van der Waals surface area contributed by atoms with Gasteiger partial charge in [-0.25, -0.2) is 4.98 Å². The molecule has 0 radical (unpaired) electrons. The normalized spacial score (nSPS) is 10.8. The molecule has 0 spiro atoms. The van der Waals surface area contributed by atoms with Crippen molar-refractivity contribution in [1.82, 2.24) is 9.55 Å². The minimum atomic E-state index is -0.461. The van der Waals surface area contributed by atoms with Crippen LogP contribution in [0.1, 0.15) is 10.4 Å². The lowest BCUT2D eigenvalue weighted by Gasteiger charge is -2.11. The van der Waals surface area contributed by atoms with E-state index in [9.17, 15) is 4.79 Å². The first kappa shape index (κ1) is 13.2. The standard InChI is InChI=1S/C16H15N3O2/c1-19-8-6-12-11(5-7-18-16(12)19)13-9-10(15(17)20)3-4-14(13)21-2/h3-9H,1-2H3,(H2,17,20). The van der Waals surface area contributed by atoms with E-state index in [1.165, 1.54) is 0 Å². The number of primary amides is 1. The Morgan fingerprint density at radius 1 is 1.24 bits per heavy atom. The van der Waals surface area contributed by atoms with Crippen LogP contribution < -0.4 is 10.5 Å². The van der Waals surface area contributed by atoms with Crippen LogP contribution in [-0.4, -0.2) is 22.6 Å². The third-order valence-corrected chi connectivity index (χ3v) is 3.54. The third-order valence-electron chi connectivity index (χ3n) is 3.54. The Morgan fingerprint density at radius 3 is 2.76 bits per heavy atom. The van der Waals surface area contributed by atoms with Crippen LogP contribution in [0, 0.1) is 0 Å². The molecule has 0 unspecified atom stereocenters. The van der Waals surface area contributed by atoms with Gasteiger partial charge in [-0.2, -0.15) is 0 Å². The number of aryl methyl sites for hydroxylation is 1. The van der Waals surface area contributed by atoms with E-state index in [2.05, 4.69) is 4.98 Å². The van der Waals surface area contributed by atoms with Gasteiger partial charge in [0.2, 0.25) is 5.91 Å². The minimum absolute atomic E-state index is 0.451. The number of nitrogens with two attached hydrogens (primary N) is 1. The summed E-state index contributed by atoms with van der Waals surface area (Å²) in [6.07, 6.45) is 3.69. The Bertz CT molecular complexity index is 837. The Hall–Kier alpha value is -2.82. The summed E-state index contributed by atoms with van der Waals surface area (Å²) in [6, 6.07) is 9.07. The van der Waals surface area contributed by atoms with Gasteiger partial charge in [-0.1, -0.05) is 0 Å². The molecular weight excluding hydrogens is 266 g/mol. The average molecular weight is 281 g/mol. The van der Waals surface area contributed by atoms with E-state index >= 15 is 0 Å². The van der Waals surface area contributed by atoms with Crippen LogP contribution in [0.15, 0.2) is 42.7 Å². The lowest BCUT2D eigenvalue weighted by molar-refractivity contribution is 0.100. The van der Waals surface area contributed by atoms with E-state index in [0.29, 0.717) is 11.3 Å². The van der Waals surface area contributed by atoms with Crippen LogP contribution in [0.4, 0.5) is 0 Å². The zero-order chi connectivity index (χ0) is 15.0. The van der Waals surface area contributed by atoms with Crippen molar-refractivity contribution in [3.05, 3.63) is 48.3 Å². The van der Waals surface area contributed by atoms with E-state index in [-0.39, 0.29) is 0 Å². The first-order chi connectivity index (χ1) is 10.1. The van der Waals surface area contributed by atoms with E-state index in [1.807, 2.05) is 29.9 Å². The van der Waals surface area contributed by atoms with Gasteiger partial charge in [0, 0.05) is 36.0 Å². The second-order valence-electron chi connectivity index (χ2n) is 4.80. The molecule has 21 heavy (non-hydrogen) atoms. The summed E-state index contributed by atoms with van der Waals surface area (Å²) in [7, 11) is 3.54. The molecule has 2 N–H and O–H groups in total. The number of nitrogens with zero attached hydrogens (tertiary/aromatic N) is 2. The van der Waals surface area contributed by atoms with Crippen molar-refractivity contribution in [1.29, 1.82) is 0 Å². The van der Waals surface area contributed by atoms with Crippen molar-refractivity contribution >= 4 is 16.9 Å². The number of hydrogen-bond acceptors (Lipinski definition) is 3. The van der Waals surface area contributed by atoms with Gasteiger partial charge in [-0.3, -0.25) is 4.79 Å². The van der Waals surface area contributed by atoms with Crippen LogP contribution in [0.25, 0.3) is 22.2 Å². The fourth-order valence-corrected chi connectivity index (χ4v) is 2.47. The summed E-state index contributed by atoms with van der Waals surface area (Å²) < 4.78 is 7.36. The van der Waals surface area contributed by atoms with Gasteiger partial charge in [-0.15, -0.1) is 0 Å². The molecule has 0 fully saturated rings. The molecule has 3 aromatic rings. The molecule has 0 atom stereocenters. The number of carbonyl (C=O) groups is 1. The summed E-state index contributed by atoms with van der Waals surface area (Å²) in [6.45, 7) is 0. The second-order valence-corrected chi connectivity index (χ2v) is 4.80. The first-order valence-electron chi connectivity index (χ1n) is 6.50. The summed E-state index contributed by atoms with van der Waals surface area (Å²) >= 11 is 0. The smallest absolute Gasteiger partial charge is 0.248 e. The van der Waals surface area contributed by atoms with Gasteiger partial charge >= 0.3 is 0 Å². The van der Waals surface area contributed by atoms with Crippen molar-refractivity contribution < 1.29 is 9.53 Å². The number of ether oxygens (including phenoxy) is 1. The number of pyridine rings is 1. The number of benzene rings is 1. The maximum Gasteiger partial charge on any atom is 0.248 e. The molecule has 0 aliphatic rings. The molecule has 2 aromatic heterocycles. The topological polar surface area (TPSA) is 70.1 Å². The zero-order valence-electron chi connectivity index (χ0n) is 11.8. The highest BCUT2D eigenvalue weighted by molar-refractivity contribution is 5.99. The first-order valence-corrected chi connectivity index (χ1v) is 6.50. The quantitative estimate of drug-likeness (QED) is 0.801.